The van der Waals surface area contributed by atoms with Crippen molar-refractivity contribution in [2.75, 3.05) is 45.0 Å². The smallest absolute Gasteiger partial charge is 0.275 e. The number of methoxy groups -OCH3 is 2. The summed E-state index contributed by atoms with van der Waals surface area (Å²) in [5, 5.41) is 12.8. The molecule has 3 N–H and O–H groups in total. The van der Waals surface area contributed by atoms with Crippen molar-refractivity contribution in [1.29, 1.82) is 5.26 Å². The SMILES string of the molecule is COCCCNc1cc(N)[n+](CCCOC)c(Cl)c1C#N.[Cl-]. The van der Waals surface area contributed by atoms with E-state index in [-0.39, 0.29) is 12.4 Å². The van der Waals surface area contributed by atoms with Crippen molar-refractivity contribution >= 4 is 23.1 Å². The molecule has 0 bridgehead atoms. The monoisotopic (exact) mass is 348 g/mol. The Morgan fingerprint density at radius 2 is 1.95 bits per heavy atom. The summed E-state index contributed by atoms with van der Waals surface area (Å²) in [5.74, 6) is 0.518. The summed E-state index contributed by atoms with van der Waals surface area (Å²) in [6.07, 6.45) is 1.61. The summed E-state index contributed by atoms with van der Waals surface area (Å²) in [5.41, 5.74) is 7.08. The fraction of sp³-hybridized carbons (Fsp3) is 0.571. The highest BCUT2D eigenvalue weighted by molar-refractivity contribution is 6.30. The second-order valence-corrected chi connectivity index (χ2v) is 4.89. The summed E-state index contributed by atoms with van der Waals surface area (Å²) in [6.45, 7) is 2.56. The molecule has 124 valence electrons. The van der Waals surface area contributed by atoms with Gasteiger partial charge in [0.1, 0.15) is 11.6 Å². The highest BCUT2D eigenvalue weighted by Crippen LogP contribution is 2.23. The summed E-state index contributed by atoms with van der Waals surface area (Å²) < 4.78 is 11.7. The van der Waals surface area contributed by atoms with E-state index in [1.807, 2.05) is 0 Å². The van der Waals surface area contributed by atoms with Crippen LogP contribution in [0.25, 0.3) is 0 Å². The molecule has 8 heteroatoms. The molecule has 0 amide bonds. The second kappa shape index (κ2) is 11.3. The molecule has 1 heterocycles. The first-order valence-corrected chi connectivity index (χ1v) is 7.17. The number of halogens is 2. The lowest BCUT2D eigenvalue weighted by molar-refractivity contribution is -0.681. The normalized spacial score (nSPS) is 9.91. The largest absolute Gasteiger partial charge is 1.00 e. The minimum Gasteiger partial charge on any atom is -1.00 e. The van der Waals surface area contributed by atoms with E-state index >= 15 is 0 Å². The Hall–Kier alpha value is -1.26. The highest BCUT2D eigenvalue weighted by Gasteiger charge is 2.19. The molecule has 22 heavy (non-hydrogen) atoms. The number of pyridine rings is 1. The third-order valence-corrected chi connectivity index (χ3v) is 3.39. The molecular weight excluding hydrogens is 327 g/mol. The first kappa shape index (κ1) is 20.7. The Morgan fingerprint density at radius 1 is 1.32 bits per heavy atom. The quantitative estimate of drug-likeness (QED) is 0.325. The lowest BCUT2D eigenvalue weighted by Gasteiger charge is -2.12. The molecule has 0 atom stereocenters. The van der Waals surface area contributed by atoms with Crippen LogP contribution in [0.5, 0.6) is 0 Å². The van der Waals surface area contributed by atoms with E-state index < -0.39 is 0 Å². The van der Waals surface area contributed by atoms with Crippen molar-refractivity contribution in [2.45, 2.75) is 19.4 Å². The van der Waals surface area contributed by atoms with E-state index in [1.165, 1.54) is 0 Å². The molecule has 0 fully saturated rings. The van der Waals surface area contributed by atoms with Crippen LogP contribution in [0.3, 0.4) is 0 Å². The van der Waals surface area contributed by atoms with Gasteiger partial charge < -0.3 is 27.2 Å². The molecule has 0 aliphatic rings. The molecule has 0 aliphatic heterocycles. The van der Waals surface area contributed by atoms with Gasteiger partial charge in [-0.1, -0.05) is 0 Å². The molecule has 1 aromatic rings. The molecule has 0 unspecified atom stereocenters. The zero-order valence-electron chi connectivity index (χ0n) is 12.9. The Bertz CT molecular complexity index is 507. The molecule has 0 aliphatic carbocycles. The van der Waals surface area contributed by atoms with Crippen LogP contribution in [0, 0.1) is 11.3 Å². The van der Waals surface area contributed by atoms with Gasteiger partial charge in [0, 0.05) is 40.4 Å². The maximum absolute atomic E-state index is 9.31. The van der Waals surface area contributed by atoms with Gasteiger partial charge in [0.15, 0.2) is 0 Å². The Kier molecular flexibility index (Phi) is 10.7. The van der Waals surface area contributed by atoms with E-state index in [9.17, 15) is 5.26 Å². The van der Waals surface area contributed by atoms with Crippen molar-refractivity contribution in [3.63, 3.8) is 0 Å². The van der Waals surface area contributed by atoms with E-state index in [0.29, 0.717) is 48.5 Å². The van der Waals surface area contributed by atoms with Crippen LogP contribution < -0.4 is 28.0 Å². The number of rotatable bonds is 9. The Balaban J connectivity index is 0.00000441. The molecule has 0 spiro atoms. The van der Waals surface area contributed by atoms with E-state index in [2.05, 4.69) is 11.4 Å². The maximum Gasteiger partial charge on any atom is 0.275 e. The van der Waals surface area contributed by atoms with Gasteiger partial charge in [0.05, 0.1) is 18.3 Å². The van der Waals surface area contributed by atoms with Gasteiger partial charge in [-0.3, -0.25) is 5.73 Å². The number of aromatic nitrogens is 1. The molecule has 0 radical (unpaired) electrons. The van der Waals surface area contributed by atoms with Gasteiger partial charge in [0.25, 0.3) is 5.82 Å². The number of nitrogens with two attached hydrogens (primary N) is 1. The summed E-state index contributed by atoms with van der Waals surface area (Å²) >= 11 is 6.29. The van der Waals surface area contributed by atoms with Crippen molar-refractivity contribution in [3.8, 4) is 6.07 Å². The van der Waals surface area contributed by atoms with Gasteiger partial charge in [-0.15, -0.1) is 0 Å². The summed E-state index contributed by atoms with van der Waals surface area (Å²) in [7, 11) is 3.30. The number of nitrogen functional groups attached to an aromatic ring is 1. The van der Waals surface area contributed by atoms with Crippen LogP contribution in [0.4, 0.5) is 11.5 Å². The van der Waals surface area contributed by atoms with E-state index in [1.54, 1.807) is 24.9 Å². The molecular formula is C14H22Cl2N4O2. The minimum absolute atomic E-state index is 0. The number of hydrogen-bond acceptors (Lipinski definition) is 5. The topological polar surface area (TPSA) is 84.2 Å². The number of nitrogens with zero attached hydrogens (tertiary/aromatic N) is 2. The number of nitrogens with one attached hydrogen (secondary N) is 1. The number of hydrogen-bond donors (Lipinski definition) is 2. The molecule has 1 rings (SSSR count). The highest BCUT2D eigenvalue weighted by atomic mass is 35.5. The summed E-state index contributed by atoms with van der Waals surface area (Å²) in [4.78, 5) is 0. The number of anilines is 2. The lowest BCUT2D eigenvalue weighted by Crippen LogP contribution is -3.00. The standard InChI is InChI=1S/C14H21ClN4O2.ClH/c1-20-7-3-5-18-12-9-13(17)19(6-4-8-21-2)14(15)11(12)10-16;/h9H,3-8H2,1-2H3,(H2,17,18);1H. The zero-order valence-corrected chi connectivity index (χ0v) is 14.4. The molecule has 0 saturated carbocycles. The minimum atomic E-state index is 0. The van der Waals surface area contributed by atoms with Gasteiger partial charge in [-0.2, -0.15) is 5.26 Å². The molecule has 0 saturated heterocycles. The third-order valence-electron chi connectivity index (χ3n) is 3.00. The number of nitriles is 1. The van der Waals surface area contributed by atoms with Crippen molar-refractivity contribution in [1.82, 2.24) is 0 Å². The predicted molar refractivity (Wildman–Crippen MR) is 82.3 cm³/mol. The van der Waals surface area contributed by atoms with Crippen LogP contribution in [0.1, 0.15) is 18.4 Å². The third kappa shape index (κ3) is 5.85. The van der Waals surface area contributed by atoms with Crippen molar-refractivity contribution < 1.29 is 26.4 Å². The van der Waals surface area contributed by atoms with E-state index in [4.69, 9.17) is 26.8 Å². The predicted octanol–water partition coefficient (Wildman–Crippen LogP) is -1.43. The van der Waals surface area contributed by atoms with E-state index in [0.717, 1.165) is 12.8 Å². The van der Waals surface area contributed by atoms with Crippen LogP contribution in [-0.4, -0.2) is 34.0 Å². The molecule has 1 aromatic heterocycles. The fourth-order valence-electron chi connectivity index (χ4n) is 1.94. The molecule has 0 aromatic carbocycles. The maximum atomic E-state index is 9.31. The van der Waals surface area contributed by atoms with Crippen LogP contribution >= 0.6 is 11.6 Å². The van der Waals surface area contributed by atoms with Crippen LogP contribution in [0.2, 0.25) is 5.15 Å². The van der Waals surface area contributed by atoms with Crippen LogP contribution in [0.15, 0.2) is 6.07 Å². The van der Waals surface area contributed by atoms with Crippen LogP contribution in [-0.2, 0) is 16.0 Å². The lowest BCUT2D eigenvalue weighted by atomic mass is 10.2. The molecule has 6 nitrogen and oxygen atoms in total. The van der Waals surface area contributed by atoms with Gasteiger partial charge in [0.2, 0.25) is 5.15 Å². The van der Waals surface area contributed by atoms with Gasteiger partial charge >= 0.3 is 0 Å². The Labute approximate surface area is 142 Å². The zero-order chi connectivity index (χ0) is 15.7. The van der Waals surface area contributed by atoms with Gasteiger partial charge in [-0.05, 0) is 18.0 Å². The summed E-state index contributed by atoms with van der Waals surface area (Å²) in [6, 6.07) is 3.87. The average Bonchev–Trinajstić information content (AvgIpc) is 2.47. The number of ether oxygens (including phenoxy) is 2. The van der Waals surface area contributed by atoms with Gasteiger partial charge in [-0.25, -0.2) is 4.57 Å². The van der Waals surface area contributed by atoms with Crippen molar-refractivity contribution in [2.24, 2.45) is 0 Å². The first-order valence-electron chi connectivity index (χ1n) is 6.79. The van der Waals surface area contributed by atoms with Crippen molar-refractivity contribution in [3.05, 3.63) is 16.8 Å². The second-order valence-electron chi connectivity index (χ2n) is 4.53. The average molecular weight is 349 g/mol. The Morgan fingerprint density at radius 3 is 2.55 bits per heavy atom. The fourth-order valence-corrected chi connectivity index (χ4v) is 2.26. The first-order chi connectivity index (χ1) is 10.2.